The Morgan fingerprint density at radius 1 is 1.37 bits per heavy atom. The highest BCUT2D eigenvalue weighted by atomic mass is 35.5. The Morgan fingerprint density at radius 2 is 2.21 bits per heavy atom. The molecule has 1 aromatic rings. The highest BCUT2D eigenvalue weighted by molar-refractivity contribution is 6.32. The lowest BCUT2D eigenvalue weighted by Crippen LogP contribution is -2.30. The number of nitrogens with two attached hydrogens (primary N) is 1. The minimum atomic E-state index is 0.412. The van der Waals surface area contributed by atoms with Crippen LogP contribution in [-0.4, -0.2) is 31.1 Å². The molecule has 3 nitrogen and oxygen atoms in total. The van der Waals surface area contributed by atoms with E-state index in [4.69, 9.17) is 22.1 Å². The lowest BCUT2D eigenvalue weighted by molar-refractivity contribution is 0.298. The molecule has 4 heteroatoms. The molecule has 1 aromatic carbocycles. The normalized spacial score (nSPS) is 30.6. The van der Waals surface area contributed by atoms with E-state index in [9.17, 15) is 0 Å². The van der Waals surface area contributed by atoms with Crippen LogP contribution in [0.2, 0.25) is 5.02 Å². The number of benzene rings is 1. The van der Waals surface area contributed by atoms with Crippen LogP contribution in [0.25, 0.3) is 0 Å². The monoisotopic (exact) mass is 280 g/mol. The zero-order valence-corrected chi connectivity index (χ0v) is 12.1. The van der Waals surface area contributed by atoms with Crippen LogP contribution in [0.4, 0.5) is 0 Å². The van der Waals surface area contributed by atoms with E-state index in [0.29, 0.717) is 17.0 Å². The maximum absolute atomic E-state index is 6.17. The van der Waals surface area contributed by atoms with Gasteiger partial charge in [-0.15, -0.1) is 0 Å². The van der Waals surface area contributed by atoms with Crippen LogP contribution < -0.4 is 10.5 Å². The zero-order chi connectivity index (χ0) is 13.4. The second-order valence-electron chi connectivity index (χ2n) is 5.83. The molecule has 19 heavy (non-hydrogen) atoms. The third-order valence-corrected chi connectivity index (χ3v) is 4.91. The van der Waals surface area contributed by atoms with Crippen LogP contribution in [0.5, 0.6) is 5.75 Å². The van der Waals surface area contributed by atoms with E-state index in [-0.39, 0.29) is 0 Å². The average molecular weight is 281 g/mol. The van der Waals surface area contributed by atoms with Crippen molar-refractivity contribution in [1.29, 1.82) is 0 Å². The fourth-order valence-electron chi connectivity index (χ4n) is 3.60. The summed E-state index contributed by atoms with van der Waals surface area (Å²) in [7, 11) is 1.64. The molecule has 1 saturated carbocycles. The summed E-state index contributed by atoms with van der Waals surface area (Å²) in [5.74, 6) is 2.25. The van der Waals surface area contributed by atoms with Gasteiger partial charge >= 0.3 is 0 Å². The third-order valence-electron chi connectivity index (χ3n) is 4.61. The first kappa shape index (κ1) is 13.2. The third kappa shape index (κ3) is 2.60. The van der Waals surface area contributed by atoms with Crippen LogP contribution in [-0.2, 0) is 6.54 Å². The van der Waals surface area contributed by atoms with E-state index in [1.165, 1.54) is 24.9 Å². The predicted molar refractivity (Wildman–Crippen MR) is 77.5 cm³/mol. The van der Waals surface area contributed by atoms with E-state index in [0.717, 1.165) is 24.8 Å². The maximum atomic E-state index is 6.17. The van der Waals surface area contributed by atoms with Gasteiger partial charge in [0.1, 0.15) is 5.75 Å². The molecule has 0 aromatic heterocycles. The molecule has 0 radical (unpaired) electrons. The topological polar surface area (TPSA) is 38.5 Å². The van der Waals surface area contributed by atoms with E-state index >= 15 is 0 Å². The molecule has 104 valence electrons. The van der Waals surface area contributed by atoms with Gasteiger partial charge in [0.2, 0.25) is 0 Å². The molecule has 3 atom stereocenters. The van der Waals surface area contributed by atoms with E-state index in [1.807, 2.05) is 12.1 Å². The van der Waals surface area contributed by atoms with Crippen molar-refractivity contribution < 1.29 is 4.74 Å². The quantitative estimate of drug-likeness (QED) is 0.925. The molecule has 3 unspecified atom stereocenters. The number of fused-ring (bicyclic) bond motifs is 1. The molecule has 0 bridgehead atoms. The van der Waals surface area contributed by atoms with Crippen LogP contribution in [0, 0.1) is 11.8 Å². The van der Waals surface area contributed by atoms with Crippen molar-refractivity contribution in [2.45, 2.75) is 25.4 Å². The number of halogens is 1. The van der Waals surface area contributed by atoms with Gasteiger partial charge in [-0.2, -0.15) is 0 Å². The second kappa shape index (κ2) is 5.31. The average Bonchev–Trinajstić information content (AvgIpc) is 2.92. The Kier molecular flexibility index (Phi) is 3.70. The number of likely N-dealkylation sites (tertiary alicyclic amines) is 1. The van der Waals surface area contributed by atoms with Gasteiger partial charge < -0.3 is 10.5 Å². The Morgan fingerprint density at radius 3 is 2.89 bits per heavy atom. The first-order valence-corrected chi connectivity index (χ1v) is 7.35. The van der Waals surface area contributed by atoms with Gasteiger partial charge in [-0.3, -0.25) is 4.90 Å². The largest absolute Gasteiger partial charge is 0.495 e. The van der Waals surface area contributed by atoms with Crippen molar-refractivity contribution in [2.24, 2.45) is 17.6 Å². The van der Waals surface area contributed by atoms with Crippen LogP contribution in [0.1, 0.15) is 18.4 Å². The number of hydrogen-bond acceptors (Lipinski definition) is 3. The van der Waals surface area contributed by atoms with Gasteiger partial charge in [0.05, 0.1) is 12.1 Å². The fourth-order valence-corrected chi connectivity index (χ4v) is 3.88. The first-order chi connectivity index (χ1) is 9.17. The number of methoxy groups -OCH3 is 1. The van der Waals surface area contributed by atoms with Crippen molar-refractivity contribution in [1.82, 2.24) is 4.90 Å². The molecule has 0 amide bonds. The summed E-state index contributed by atoms with van der Waals surface area (Å²) in [4.78, 5) is 2.51. The van der Waals surface area contributed by atoms with Gasteiger partial charge in [-0.05, 0) is 42.4 Å². The lowest BCUT2D eigenvalue weighted by atomic mass is 9.98. The highest BCUT2D eigenvalue weighted by Crippen LogP contribution is 2.37. The minimum absolute atomic E-state index is 0.412. The van der Waals surface area contributed by atoms with Crippen molar-refractivity contribution in [3.05, 3.63) is 28.8 Å². The van der Waals surface area contributed by atoms with E-state index < -0.39 is 0 Å². The number of rotatable bonds is 3. The van der Waals surface area contributed by atoms with E-state index in [1.54, 1.807) is 7.11 Å². The summed E-state index contributed by atoms with van der Waals surface area (Å²) in [5, 5.41) is 0.691. The molecule has 2 fully saturated rings. The Labute approximate surface area is 119 Å². The summed E-state index contributed by atoms with van der Waals surface area (Å²) >= 11 is 6.17. The van der Waals surface area contributed by atoms with Crippen molar-refractivity contribution in [3.63, 3.8) is 0 Å². The maximum Gasteiger partial charge on any atom is 0.137 e. The molecule has 1 heterocycles. The number of nitrogens with zero attached hydrogens (tertiary/aromatic N) is 1. The van der Waals surface area contributed by atoms with Crippen molar-refractivity contribution in [2.75, 3.05) is 20.2 Å². The molecule has 1 aliphatic heterocycles. The molecule has 0 spiro atoms. The molecule has 1 aliphatic carbocycles. The summed E-state index contributed by atoms with van der Waals surface area (Å²) < 4.78 is 5.18. The minimum Gasteiger partial charge on any atom is -0.495 e. The van der Waals surface area contributed by atoms with Gasteiger partial charge in [-0.1, -0.05) is 17.7 Å². The van der Waals surface area contributed by atoms with Crippen molar-refractivity contribution >= 4 is 11.6 Å². The Bertz CT molecular complexity index is 465. The molecule has 2 aliphatic rings. The van der Waals surface area contributed by atoms with Gasteiger partial charge in [-0.25, -0.2) is 0 Å². The number of ether oxygens (including phenoxy) is 1. The molecule has 3 rings (SSSR count). The van der Waals surface area contributed by atoms with Crippen LogP contribution in [0.3, 0.4) is 0 Å². The van der Waals surface area contributed by atoms with Crippen LogP contribution in [0.15, 0.2) is 18.2 Å². The molecule has 1 saturated heterocycles. The zero-order valence-electron chi connectivity index (χ0n) is 11.3. The van der Waals surface area contributed by atoms with Gasteiger partial charge in [0.25, 0.3) is 0 Å². The Hall–Kier alpha value is -0.770. The number of hydrogen-bond donors (Lipinski definition) is 1. The molecular formula is C15H21ClN2O. The lowest BCUT2D eigenvalue weighted by Gasteiger charge is -2.18. The predicted octanol–water partition coefficient (Wildman–Crippen LogP) is 2.52. The standard InChI is InChI=1S/C15H21ClN2O/c1-19-15-5-2-10(6-13(15)16)7-18-8-11-3-4-14(17)12(11)9-18/h2,5-6,11-12,14H,3-4,7-9,17H2,1H3. The van der Waals surface area contributed by atoms with E-state index in [2.05, 4.69) is 11.0 Å². The summed E-state index contributed by atoms with van der Waals surface area (Å²) in [5.41, 5.74) is 7.42. The van der Waals surface area contributed by atoms with Gasteiger partial charge in [0, 0.05) is 25.7 Å². The Balaban J connectivity index is 1.65. The SMILES string of the molecule is COc1ccc(CN2CC3CCC(N)C3C2)cc1Cl. The first-order valence-electron chi connectivity index (χ1n) is 6.97. The fraction of sp³-hybridized carbons (Fsp3) is 0.600. The second-order valence-corrected chi connectivity index (χ2v) is 6.24. The summed E-state index contributed by atoms with van der Waals surface area (Å²) in [6, 6.07) is 6.46. The summed E-state index contributed by atoms with van der Waals surface area (Å²) in [6.07, 6.45) is 2.50. The van der Waals surface area contributed by atoms with Gasteiger partial charge in [0.15, 0.2) is 0 Å². The summed E-state index contributed by atoms with van der Waals surface area (Å²) in [6.45, 7) is 3.28. The highest BCUT2D eigenvalue weighted by Gasteiger charge is 2.40. The molecular weight excluding hydrogens is 260 g/mol. The van der Waals surface area contributed by atoms with Crippen molar-refractivity contribution in [3.8, 4) is 5.75 Å². The van der Waals surface area contributed by atoms with Crippen LogP contribution >= 0.6 is 11.6 Å². The smallest absolute Gasteiger partial charge is 0.137 e. The molecule has 2 N–H and O–H groups in total.